The summed E-state index contributed by atoms with van der Waals surface area (Å²) in [6.07, 6.45) is 0. The summed E-state index contributed by atoms with van der Waals surface area (Å²) in [4.78, 5) is 0. The van der Waals surface area contributed by atoms with Crippen molar-refractivity contribution in [2.45, 2.75) is 6.92 Å². The second-order valence-corrected chi connectivity index (χ2v) is 6.33. The maximum atomic E-state index is 6.00. The Morgan fingerprint density at radius 2 is 1.71 bits per heavy atom. The van der Waals surface area contributed by atoms with E-state index < -0.39 is 0 Å². The van der Waals surface area contributed by atoms with Crippen LogP contribution in [0.3, 0.4) is 0 Å². The maximum absolute atomic E-state index is 6.00. The molecule has 0 unspecified atom stereocenters. The lowest BCUT2D eigenvalue weighted by molar-refractivity contribution is 0.439. The molecule has 0 aliphatic rings. The lowest BCUT2D eigenvalue weighted by Gasteiger charge is -2.08. The van der Waals surface area contributed by atoms with Gasteiger partial charge in [0.15, 0.2) is 0 Å². The summed E-state index contributed by atoms with van der Waals surface area (Å²) in [5.74, 6) is 0.310. The molecule has 0 fully saturated rings. The number of anilines is 1. The Kier molecular flexibility index (Phi) is 3.87. The zero-order valence-corrected chi connectivity index (χ0v) is 14.4. The van der Waals surface area contributed by atoms with Crippen molar-refractivity contribution in [3.05, 3.63) is 57.0 Å². The van der Waals surface area contributed by atoms with E-state index in [4.69, 9.17) is 10.3 Å². The molecule has 2 N–H and O–H groups in total. The van der Waals surface area contributed by atoms with Crippen molar-refractivity contribution < 1.29 is 4.52 Å². The van der Waals surface area contributed by atoms with Gasteiger partial charge in [0.1, 0.15) is 5.69 Å². The number of halogens is 2. The second-order valence-electron chi connectivity index (χ2n) is 4.69. The largest absolute Gasteiger partial charge is 0.367 e. The van der Waals surface area contributed by atoms with E-state index in [1.165, 1.54) is 0 Å². The van der Waals surface area contributed by atoms with Crippen LogP contribution in [0.15, 0.2) is 55.9 Å². The van der Waals surface area contributed by atoms with Crippen LogP contribution in [0.1, 0.15) is 5.56 Å². The van der Waals surface area contributed by atoms with Crippen molar-refractivity contribution in [3.8, 4) is 22.4 Å². The van der Waals surface area contributed by atoms with Gasteiger partial charge in [-0.2, -0.15) is 0 Å². The third-order valence-corrected chi connectivity index (χ3v) is 5.05. The van der Waals surface area contributed by atoms with Crippen molar-refractivity contribution in [2.75, 3.05) is 5.73 Å². The van der Waals surface area contributed by atoms with Crippen molar-refractivity contribution in [2.24, 2.45) is 0 Å². The van der Waals surface area contributed by atoms with Crippen LogP contribution in [-0.2, 0) is 0 Å². The fourth-order valence-electron chi connectivity index (χ4n) is 2.24. The number of rotatable bonds is 2. The minimum Gasteiger partial charge on any atom is -0.367 e. The highest BCUT2D eigenvalue weighted by Gasteiger charge is 2.21. The van der Waals surface area contributed by atoms with Gasteiger partial charge in [-0.1, -0.05) is 57.5 Å². The highest BCUT2D eigenvalue weighted by atomic mass is 79.9. The van der Waals surface area contributed by atoms with Crippen LogP contribution in [-0.4, -0.2) is 5.16 Å². The molecule has 106 valence electrons. The van der Waals surface area contributed by atoms with E-state index in [1.807, 2.05) is 49.4 Å². The molecular weight excluding hydrogens is 396 g/mol. The predicted octanol–water partition coefficient (Wildman–Crippen LogP) is 5.42. The highest BCUT2D eigenvalue weighted by Crippen LogP contribution is 2.42. The molecule has 0 saturated carbocycles. The molecule has 21 heavy (non-hydrogen) atoms. The number of benzene rings is 2. The summed E-state index contributed by atoms with van der Waals surface area (Å²) < 4.78 is 7.18. The van der Waals surface area contributed by atoms with Gasteiger partial charge in [-0.05, 0) is 34.5 Å². The van der Waals surface area contributed by atoms with Crippen LogP contribution in [0.2, 0.25) is 0 Å². The van der Waals surface area contributed by atoms with Crippen molar-refractivity contribution in [3.63, 3.8) is 0 Å². The number of nitrogen functional groups attached to an aromatic ring is 1. The fraction of sp³-hybridized carbons (Fsp3) is 0.0625. The van der Waals surface area contributed by atoms with E-state index in [0.29, 0.717) is 5.88 Å². The lowest BCUT2D eigenvalue weighted by Crippen LogP contribution is -1.90. The molecule has 5 heteroatoms. The Morgan fingerprint density at radius 3 is 2.48 bits per heavy atom. The Hall–Kier alpha value is -1.59. The highest BCUT2D eigenvalue weighted by molar-refractivity contribution is 9.11. The van der Waals surface area contributed by atoms with Crippen molar-refractivity contribution >= 4 is 37.7 Å². The molecule has 1 heterocycles. The molecule has 2 aromatic carbocycles. The van der Waals surface area contributed by atoms with Crippen LogP contribution in [0.5, 0.6) is 0 Å². The number of aryl methyl sites for hydroxylation is 1. The number of hydrogen-bond donors (Lipinski definition) is 1. The number of aromatic nitrogens is 1. The third kappa shape index (κ3) is 2.51. The van der Waals surface area contributed by atoms with Crippen molar-refractivity contribution in [1.82, 2.24) is 5.16 Å². The number of nitrogens with two attached hydrogens (primary N) is 1. The molecule has 3 aromatic rings. The molecule has 0 aliphatic heterocycles. The van der Waals surface area contributed by atoms with Gasteiger partial charge in [0.25, 0.3) is 0 Å². The van der Waals surface area contributed by atoms with Crippen molar-refractivity contribution in [1.29, 1.82) is 0 Å². The molecule has 0 aliphatic carbocycles. The molecule has 1 aromatic heterocycles. The van der Waals surface area contributed by atoms with Crippen LogP contribution in [0.25, 0.3) is 22.4 Å². The smallest absolute Gasteiger partial charge is 0.230 e. The van der Waals surface area contributed by atoms with E-state index in [-0.39, 0.29) is 0 Å². The molecule has 0 atom stereocenters. The average Bonchev–Trinajstić information content (AvgIpc) is 2.84. The topological polar surface area (TPSA) is 52.0 Å². The van der Waals surface area contributed by atoms with Gasteiger partial charge in [-0.3, -0.25) is 0 Å². The van der Waals surface area contributed by atoms with Crippen LogP contribution in [0, 0.1) is 6.92 Å². The summed E-state index contributed by atoms with van der Waals surface area (Å²) in [6.45, 7) is 2.04. The van der Waals surface area contributed by atoms with E-state index in [1.54, 1.807) is 0 Å². The van der Waals surface area contributed by atoms with Gasteiger partial charge < -0.3 is 10.3 Å². The first-order chi connectivity index (χ1) is 10.1. The maximum Gasteiger partial charge on any atom is 0.230 e. The predicted molar refractivity (Wildman–Crippen MR) is 91.9 cm³/mol. The quantitative estimate of drug-likeness (QED) is 0.616. The Balaban J connectivity index is 2.28. The second kappa shape index (κ2) is 5.66. The lowest BCUT2D eigenvalue weighted by atomic mass is 10.00. The Bertz CT molecular complexity index is 812. The van der Waals surface area contributed by atoms with Gasteiger partial charge in [0.05, 0.1) is 5.56 Å². The molecule has 0 radical (unpaired) electrons. The van der Waals surface area contributed by atoms with Crippen LogP contribution >= 0.6 is 31.9 Å². The van der Waals surface area contributed by atoms with Gasteiger partial charge in [-0.15, -0.1) is 0 Å². The van der Waals surface area contributed by atoms with E-state index in [9.17, 15) is 0 Å². The van der Waals surface area contributed by atoms with Gasteiger partial charge in [-0.25, -0.2) is 0 Å². The molecule has 3 rings (SSSR count). The average molecular weight is 408 g/mol. The van der Waals surface area contributed by atoms with E-state index >= 15 is 0 Å². The summed E-state index contributed by atoms with van der Waals surface area (Å²) >= 11 is 7.17. The van der Waals surface area contributed by atoms with Gasteiger partial charge in [0.2, 0.25) is 5.88 Å². The first kappa shape index (κ1) is 14.4. The monoisotopic (exact) mass is 406 g/mol. The van der Waals surface area contributed by atoms with Crippen LogP contribution < -0.4 is 5.73 Å². The summed E-state index contributed by atoms with van der Waals surface area (Å²) in [5.41, 5.74) is 10.6. The van der Waals surface area contributed by atoms with E-state index in [2.05, 4.69) is 37.0 Å². The number of nitrogens with zero attached hydrogens (tertiary/aromatic N) is 1. The first-order valence-electron chi connectivity index (χ1n) is 6.35. The normalized spacial score (nSPS) is 10.8. The summed E-state index contributed by atoms with van der Waals surface area (Å²) in [7, 11) is 0. The fourth-order valence-corrected chi connectivity index (χ4v) is 3.18. The molecule has 3 nitrogen and oxygen atoms in total. The molecule has 0 bridgehead atoms. The number of hydrogen-bond acceptors (Lipinski definition) is 3. The first-order valence-corrected chi connectivity index (χ1v) is 7.93. The third-order valence-electron chi connectivity index (χ3n) is 3.31. The Morgan fingerprint density at radius 1 is 1.00 bits per heavy atom. The molecular formula is C16H12Br2N2O. The molecule has 0 spiro atoms. The standard InChI is InChI=1S/C16H12Br2N2O/c1-9-5-4-7-11(14(9)18)15-13(16(19)21-20-15)10-6-2-3-8-12(10)17/h2-8H,19H2,1H3. The Labute approximate surface area is 139 Å². The summed E-state index contributed by atoms with van der Waals surface area (Å²) in [5, 5.41) is 4.15. The minimum absolute atomic E-state index is 0.310. The zero-order chi connectivity index (χ0) is 15.0. The van der Waals surface area contributed by atoms with Gasteiger partial charge >= 0.3 is 0 Å². The molecule has 0 amide bonds. The summed E-state index contributed by atoms with van der Waals surface area (Å²) in [6, 6.07) is 13.9. The van der Waals surface area contributed by atoms with Crippen LogP contribution in [0.4, 0.5) is 5.88 Å². The SMILES string of the molecule is Cc1cccc(-c2noc(N)c2-c2ccccc2Br)c1Br. The minimum atomic E-state index is 0.310. The van der Waals surface area contributed by atoms with Gasteiger partial charge in [0, 0.05) is 20.1 Å². The molecule has 0 saturated heterocycles. The van der Waals surface area contributed by atoms with E-state index in [0.717, 1.165) is 36.9 Å². The zero-order valence-electron chi connectivity index (χ0n) is 11.2.